The van der Waals surface area contributed by atoms with Crippen LogP contribution < -0.4 is 0 Å². The van der Waals surface area contributed by atoms with Gasteiger partial charge in [-0.25, -0.2) is 13.2 Å². The zero-order chi connectivity index (χ0) is 18.5. The second-order valence-electron chi connectivity index (χ2n) is 8.23. The number of hydrogen-bond donors (Lipinski definition) is 0. The van der Waals surface area contributed by atoms with Gasteiger partial charge in [0.25, 0.3) is 0 Å². The highest BCUT2D eigenvalue weighted by atomic mass is 19.1. The predicted molar refractivity (Wildman–Crippen MR) is 101 cm³/mol. The maximum absolute atomic E-state index is 14.6. The topological polar surface area (TPSA) is 0 Å². The zero-order valence-electron chi connectivity index (χ0n) is 15.9. The molecule has 0 amide bonds. The highest BCUT2D eigenvalue weighted by Gasteiger charge is 2.31. The molecule has 0 spiro atoms. The Labute approximate surface area is 155 Å². The molecule has 144 valence electrons. The van der Waals surface area contributed by atoms with Crippen LogP contribution in [0.1, 0.15) is 88.2 Å². The van der Waals surface area contributed by atoms with Gasteiger partial charge in [-0.1, -0.05) is 25.8 Å². The molecule has 0 bridgehead atoms. The van der Waals surface area contributed by atoms with Crippen molar-refractivity contribution in [3.8, 4) is 0 Å². The Balaban J connectivity index is 1.60. The van der Waals surface area contributed by atoms with Crippen LogP contribution in [0.2, 0.25) is 0 Å². The van der Waals surface area contributed by atoms with Crippen molar-refractivity contribution < 1.29 is 13.2 Å². The summed E-state index contributed by atoms with van der Waals surface area (Å²) in [4.78, 5) is 0. The number of benzene rings is 1. The van der Waals surface area contributed by atoms with E-state index in [1.165, 1.54) is 0 Å². The van der Waals surface area contributed by atoms with Crippen LogP contribution in [0, 0.1) is 23.5 Å². The third-order valence-corrected chi connectivity index (χ3v) is 6.45. The van der Waals surface area contributed by atoms with Gasteiger partial charge < -0.3 is 0 Å². The third-order valence-electron chi connectivity index (χ3n) is 6.45. The van der Waals surface area contributed by atoms with E-state index < -0.39 is 0 Å². The standard InChI is InChI=1S/C23H31F3/c1-2-3-4-5-16-14-21(25)23(22(26)15-16)19-8-6-17(7-9-19)18-10-12-20(24)13-11-18/h12,14-15,17-19H,2-11,13H2,1H3. The smallest absolute Gasteiger partial charge is 0.129 e. The fourth-order valence-corrected chi connectivity index (χ4v) is 4.88. The Morgan fingerprint density at radius 1 is 0.885 bits per heavy atom. The molecule has 1 aromatic carbocycles. The number of rotatable bonds is 6. The highest BCUT2D eigenvalue weighted by Crippen LogP contribution is 2.43. The summed E-state index contributed by atoms with van der Waals surface area (Å²) in [6.45, 7) is 2.13. The minimum Gasteiger partial charge on any atom is -0.212 e. The molecule has 0 aromatic heterocycles. The largest absolute Gasteiger partial charge is 0.212 e. The first-order valence-corrected chi connectivity index (χ1v) is 10.4. The fraction of sp³-hybridized carbons (Fsp3) is 0.652. The molecule has 2 aliphatic rings. The van der Waals surface area contributed by atoms with Crippen LogP contribution >= 0.6 is 0 Å². The molecule has 0 radical (unpaired) electrons. The summed E-state index contributed by atoms with van der Waals surface area (Å²) >= 11 is 0. The van der Waals surface area contributed by atoms with Gasteiger partial charge >= 0.3 is 0 Å². The molecule has 0 N–H and O–H groups in total. The lowest BCUT2D eigenvalue weighted by molar-refractivity contribution is 0.210. The van der Waals surface area contributed by atoms with Crippen LogP contribution in [-0.4, -0.2) is 0 Å². The van der Waals surface area contributed by atoms with Crippen molar-refractivity contribution in [2.75, 3.05) is 0 Å². The van der Waals surface area contributed by atoms with Crippen molar-refractivity contribution in [2.24, 2.45) is 11.8 Å². The van der Waals surface area contributed by atoms with Crippen LogP contribution in [0.15, 0.2) is 24.0 Å². The minimum atomic E-state index is -0.359. The Bertz CT molecular complexity index is 603. The Morgan fingerprint density at radius 2 is 1.58 bits per heavy atom. The molecule has 3 heteroatoms. The molecule has 1 saturated carbocycles. The molecule has 1 unspecified atom stereocenters. The maximum Gasteiger partial charge on any atom is 0.129 e. The van der Waals surface area contributed by atoms with Crippen molar-refractivity contribution in [3.63, 3.8) is 0 Å². The van der Waals surface area contributed by atoms with Gasteiger partial charge in [-0.05, 0) is 93.2 Å². The first-order valence-electron chi connectivity index (χ1n) is 10.4. The van der Waals surface area contributed by atoms with E-state index in [-0.39, 0.29) is 23.4 Å². The van der Waals surface area contributed by atoms with Crippen LogP contribution in [-0.2, 0) is 6.42 Å². The van der Waals surface area contributed by atoms with Gasteiger partial charge in [-0.2, -0.15) is 0 Å². The monoisotopic (exact) mass is 364 g/mol. The van der Waals surface area contributed by atoms with Crippen LogP contribution in [0.25, 0.3) is 0 Å². The van der Waals surface area contributed by atoms with Crippen molar-refractivity contribution in [3.05, 3.63) is 46.8 Å². The molecule has 1 atom stereocenters. The predicted octanol–water partition coefficient (Wildman–Crippen LogP) is 7.62. The van der Waals surface area contributed by atoms with Crippen LogP contribution in [0.4, 0.5) is 13.2 Å². The van der Waals surface area contributed by atoms with Gasteiger partial charge in [-0.3, -0.25) is 0 Å². The molecule has 0 saturated heterocycles. The van der Waals surface area contributed by atoms with E-state index in [9.17, 15) is 13.2 Å². The first kappa shape index (κ1) is 19.5. The molecule has 26 heavy (non-hydrogen) atoms. The first-order chi connectivity index (χ1) is 12.6. The Morgan fingerprint density at radius 3 is 2.15 bits per heavy atom. The van der Waals surface area contributed by atoms with Gasteiger partial charge in [0.1, 0.15) is 11.6 Å². The Hall–Kier alpha value is -1.25. The van der Waals surface area contributed by atoms with E-state index >= 15 is 0 Å². The van der Waals surface area contributed by atoms with Crippen molar-refractivity contribution in [1.82, 2.24) is 0 Å². The lowest BCUT2D eigenvalue weighted by Crippen LogP contribution is -2.23. The summed E-state index contributed by atoms with van der Waals surface area (Å²) in [6.07, 6.45) is 11.7. The number of unbranched alkanes of at least 4 members (excludes halogenated alkanes) is 2. The second kappa shape index (κ2) is 9.10. The molecule has 0 heterocycles. The van der Waals surface area contributed by atoms with Crippen molar-refractivity contribution in [1.29, 1.82) is 0 Å². The number of halogens is 3. The average molecular weight is 364 g/mol. The van der Waals surface area contributed by atoms with Gasteiger partial charge in [0, 0.05) is 5.56 Å². The summed E-state index contributed by atoms with van der Waals surface area (Å²) in [5.41, 5.74) is 1.08. The molecule has 3 rings (SSSR count). The summed E-state index contributed by atoms with van der Waals surface area (Å²) in [5.74, 6) is 0.427. The lowest BCUT2D eigenvalue weighted by Gasteiger charge is -2.35. The quantitative estimate of drug-likeness (QED) is 0.455. The summed E-state index contributed by atoms with van der Waals surface area (Å²) < 4.78 is 42.4. The van der Waals surface area contributed by atoms with E-state index in [2.05, 4.69) is 6.92 Å². The number of aryl methyl sites for hydroxylation is 1. The molecular weight excluding hydrogens is 333 g/mol. The SMILES string of the molecule is CCCCCc1cc(F)c(C2CCC(C3CC=C(F)CC3)CC2)c(F)c1. The number of hydrogen-bond acceptors (Lipinski definition) is 0. The van der Waals surface area contributed by atoms with E-state index in [4.69, 9.17) is 0 Å². The van der Waals surface area contributed by atoms with E-state index in [1.807, 2.05) is 0 Å². The maximum atomic E-state index is 14.6. The summed E-state index contributed by atoms with van der Waals surface area (Å²) in [7, 11) is 0. The molecule has 1 fully saturated rings. The molecule has 0 nitrogen and oxygen atoms in total. The molecule has 0 aliphatic heterocycles. The van der Waals surface area contributed by atoms with E-state index in [0.29, 0.717) is 23.8 Å². The Kier molecular flexibility index (Phi) is 6.83. The normalized spacial score (nSPS) is 26.6. The highest BCUT2D eigenvalue weighted by molar-refractivity contribution is 5.29. The second-order valence-corrected chi connectivity index (χ2v) is 8.23. The lowest BCUT2D eigenvalue weighted by atomic mass is 9.70. The third kappa shape index (κ3) is 4.72. The van der Waals surface area contributed by atoms with Gasteiger partial charge in [0.15, 0.2) is 0 Å². The van der Waals surface area contributed by atoms with Crippen molar-refractivity contribution in [2.45, 2.75) is 83.5 Å². The summed E-state index contributed by atoms with van der Waals surface area (Å²) in [6, 6.07) is 3.10. The van der Waals surface area contributed by atoms with E-state index in [0.717, 1.165) is 69.8 Å². The van der Waals surface area contributed by atoms with Crippen molar-refractivity contribution >= 4 is 0 Å². The van der Waals surface area contributed by atoms with E-state index in [1.54, 1.807) is 18.2 Å². The number of allylic oxidation sites excluding steroid dienone is 2. The van der Waals surface area contributed by atoms with Gasteiger partial charge in [0.05, 0.1) is 5.83 Å². The van der Waals surface area contributed by atoms with Gasteiger partial charge in [-0.15, -0.1) is 0 Å². The van der Waals surface area contributed by atoms with Gasteiger partial charge in [0.2, 0.25) is 0 Å². The zero-order valence-corrected chi connectivity index (χ0v) is 15.9. The molecule has 2 aliphatic carbocycles. The van der Waals surface area contributed by atoms with Crippen LogP contribution in [0.3, 0.4) is 0 Å². The summed E-state index contributed by atoms with van der Waals surface area (Å²) in [5, 5.41) is 0. The fourth-order valence-electron chi connectivity index (χ4n) is 4.88. The molecule has 1 aromatic rings. The molecular formula is C23H31F3. The van der Waals surface area contributed by atoms with Crippen LogP contribution in [0.5, 0.6) is 0 Å². The minimum absolute atomic E-state index is 0.00758. The average Bonchev–Trinajstić information content (AvgIpc) is 2.63.